The number of nitrogens with one attached hydrogen (secondary N) is 2. The molecule has 0 saturated carbocycles. The summed E-state index contributed by atoms with van der Waals surface area (Å²) in [5.41, 5.74) is 2.48. The van der Waals surface area contributed by atoms with Crippen LogP contribution < -0.4 is 10.9 Å². The quantitative estimate of drug-likeness (QED) is 0.284. The fraction of sp³-hybridized carbons (Fsp3) is 0.100. The van der Waals surface area contributed by atoms with Crippen molar-refractivity contribution in [1.82, 2.24) is 14.3 Å². The summed E-state index contributed by atoms with van der Waals surface area (Å²) in [4.78, 5) is 15.8. The maximum atomic E-state index is 12.9. The fourth-order valence-corrected chi connectivity index (χ4v) is 3.69. The molecule has 0 radical (unpaired) electrons. The molecule has 0 fully saturated rings. The number of aromatic hydroxyl groups is 1. The van der Waals surface area contributed by atoms with Gasteiger partial charge in [-0.1, -0.05) is 34.1 Å². The first kappa shape index (κ1) is 20.0. The Bertz CT molecular complexity index is 1350. The summed E-state index contributed by atoms with van der Waals surface area (Å²) < 4.78 is 4.15. The molecule has 0 aliphatic heterocycles. The third-order valence-corrected chi connectivity index (χ3v) is 5.42. The minimum absolute atomic E-state index is 0.00636. The molecule has 152 valence electrons. The van der Waals surface area contributed by atoms with E-state index in [4.69, 9.17) is 12.2 Å². The normalized spacial score (nSPS) is 11.4. The first-order chi connectivity index (χ1) is 14.4. The molecule has 10 heteroatoms. The number of anilines is 1. The zero-order valence-corrected chi connectivity index (χ0v) is 18.5. The predicted octanol–water partition coefficient (Wildman–Crippen LogP) is 4.91. The Morgan fingerprint density at radius 1 is 1.23 bits per heavy atom. The lowest BCUT2D eigenvalue weighted by atomic mass is 10.2. The van der Waals surface area contributed by atoms with Crippen molar-refractivity contribution in [3.63, 3.8) is 0 Å². The van der Waals surface area contributed by atoms with Crippen LogP contribution in [0.15, 0.2) is 68.0 Å². The van der Waals surface area contributed by atoms with Crippen LogP contribution in [-0.2, 0) is 7.05 Å². The van der Waals surface area contributed by atoms with Gasteiger partial charge in [0.25, 0.3) is 5.56 Å². The van der Waals surface area contributed by atoms with E-state index in [0.29, 0.717) is 22.3 Å². The van der Waals surface area contributed by atoms with Crippen molar-refractivity contribution in [3.05, 3.63) is 69.1 Å². The lowest BCUT2D eigenvalue weighted by Crippen LogP contribution is -2.21. The molecule has 0 bridgehead atoms. The van der Waals surface area contributed by atoms with Crippen LogP contribution >= 0.6 is 28.1 Å². The smallest absolute Gasteiger partial charge is 0.295 e. The van der Waals surface area contributed by atoms with Crippen molar-refractivity contribution in [3.8, 4) is 11.6 Å². The summed E-state index contributed by atoms with van der Waals surface area (Å²) >= 11 is 8.64. The van der Waals surface area contributed by atoms with Crippen LogP contribution in [0, 0.1) is 6.92 Å². The monoisotopic (exact) mass is 484 g/mol. The van der Waals surface area contributed by atoms with Gasteiger partial charge in [0.1, 0.15) is 5.69 Å². The second-order valence-electron chi connectivity index (χ2n) is 6.58. The molecule has 4 aromatic rings. The number of aromatic nitrogens is 3. The fourth-order valence-electron chi connectivity index (χ4n) is 3.18. The van der Waals surface area contributed by atoms with Crippen molar-refractivity contribution in [2.75, 3.05) is 5.32 Å². The number of thiocarbonyl (C=S) groups is 1. The van der Waals surface area contributed by atoms with E-state index in [2.05, 4.69) is 36.5 Å². The number of halogens is 1. The summed E-state index contributed by atoms with van der Waals surface area (Å²) in [6.07, 6.45) is 0. The maximum Gasteiger partial charge on any atom is 0.295 e. The number of para-hydroxylation sites is 1. The first-order valence-corrected chi connectivity index (χ1v) is 10.1. The van der Waals surface area contributed by atoms with Crippen molar-refractivity contribution in [1.29, 1.82) is 0 Å². The Balaban J connectivity index is 1.63. The van der Waals surface area contributed by atoms with E-state index in [1.165, 1.54) is 0 Å². The SMILES string of the molecule is Cc1c(NC(=S)N=Nc2c(O)[nH]c3cc(Br)ccc23)c(=O)n(-c2ccccc2)n1C. The lowest BCUT2D eigenvalue weighted by Gasteiger charge is -2.07. The molecule has 3 N–H and O–H groups in total. The highest BCUT2D eigenvalue weighted by Crippen LogP contribution is 2.36. The zero-order chi connectivity index (χ0) is 21.4. The molecule has 0 unspecified atom stereocenters. The van der Waals surface area contributed by atoms with Gasteiger partial charge in [-0.15, -0.1) is 10.2 Å². The van der Waals surface area contributed by atoms with Crippen LogP contribution in [-0.4, -0.2) is 24.6 Å². The number of fused-ring (bicyclic) bond motifs is 1. The van der Waals surface area contributed by atoms with Gasteiger partial charge in [-0.2, -0.15) is 0 Å². The van der Waals surface area contributed by atoms with Crippen LogP contribution in [0.25, 0.3) is 16.6 Å². The molecular formula is C20H17BrN6O2S. The molecule has 0 saturated heterocycles. The van der Waals surface area contributed by atoms with Crippen LogP contribution in [0.3, 0.4) is 0 Å². The van der Waals surface area contributed by atoms with Gasteiger partial charge in [0, 0.05) is 16.9 Å². The third-order valence-electron chi connectivity index (χ3n) is 4.74. The Morgan fingerprint density at radius 2 is 1.97 bits per heavy atom. The number of rotatable bonds is 3. The third kappa shape index (κ3) is 3.55. The standard InChI is InChI=1S/C20H17BrN6O2S/c1-11-16(19(29)27(26(11)2)13-6-4-3-5-7-13)23-20(30)25-24-17-14-9-8-12(21)10-15(14)22-18(17)28/h3-10,22,28H,1-2H3,(H,23,30). The van der Waals surface area contributed by atoms with E-state index < -0.39 is 0 Å². The van der Waals surface area contributed by atoms with E-state index >= 15 is 0 Å². The van der Waals surface area contributed by atoms with Crippen molar-refractivity contribution < 1.29 is 5.11 Å². The largest absolute Gasteiger partial charge is 0.493 e. The number of nitrogens with zero attached hydrogens (tertiary/aromatic N) is 4. The maximum absolute atomic E-state index is 12.9. The van der Waals surface area contributed by atoms with Gasteiger partial charge >= 0.3 is 0 Å². The summed E-state index contributed by atoms with van der Waals surface area (Å²) in [6, 6.07) is 14.8. The van der Waals surface area contributed by atoms with Gasteiger partial charge in [-0.25, -0.2) is 4.68 Å². The van der Waals surface area contributed by atoms with Crippen LogP contribution in [0.5, 0.6) is 5.88 Å². The van der Waals surface area contributed by atoms with Gasteiger partial charge in [0.15, 0.2) is 5.69 Å². The Labute approximate surface area is 185 Å². The van der Waals surface area contributed by atoms with Crippen molar-refractivity contribution in [2.24, 2.45) is 17.3 Å². The predicted molar refractivity (Wildman–Crippen MR) is 124 cm³/mol. The second kappa shape index (κ2) is 7.88. The van der Waals surface area contributed by atoms with Gasteiger partial charge < -0.3 is 15.4 Å². The number of H-pyrrole nitrogens is 1. The Kier molecular flexibility index (Phi) is 5.27. The van der Waals surface area contributed by atoms with Gasteiger partial charge in [-0.05, 0) is 49.5 Å². The van der Waals surface area contributed by atoms with Crippen LogP contribution in [0.2, 0.25) is 0 Å². The Hall–Kier alpha value is -3.24. The molecule has 30 heavy (non-hydrogen) atoms. The van der Waals surface area contributed by atoms with Crippen molar-refractivity contribution >= 4 is 55.5 Å². The number of azo groups is 1. The van der Waals surface area contributed by atoms with Crippen LogP contribution in [0.1, 0.15) is 5.69 Å². The van der Waals surface area contributed by atoms with Gasteiger partial charge in [-0.3, -0.25) is 9.48 Å². The number of benzene rings is 2. The molecule has 0 aliphatic carbocycles. The second-order valence-corrected chi connectivity index (χ2v) is 7.88. The Morgan fingerprint density at radius 3 is 2.70 bits per heavy atom. The molecular weight excluding hydrogens is 468 g/mol. The van der Waals surface area contributed by atoms with E-state index in [-0.39, 0.29) is 22.2 Å². The minimum atomic E-state index is -0.251. The van der Waals surface area contributed by atoms with Gasteiger partial charge in [0.05, 0.1) is 16.9 Å². The van der Waals surface area contributed by atoms with Crippen LogP contribution in [0.4, 0.5) is 11.4 Å². The zero-order valence-electron chi connectivity index (χ0n) is 16.0. The average Bonchev–Trinajstić information content (AvgIpc) is 3.14. The molecule has 0 spiro atoms. The van der Waals surface area contributed by atoms with Crippen molar-refractivity contribution in [2.45, 2.75) is 6.92 Å². The molecule has 8 nitrogen and oxygen atoms in total. The molecule has 0 amide bonds. The highest BCUT2D eigenvalue weighted by molar-refractivity contribution is 9.10. The number of hydrogen-bond donors (Lipinski definition) is 3. The highest BCUT2D eigenvalue weighted by Gasteiger charge is 2.17. The highest BCUT2D eigenvalue weighted by atomic mass is 79.9. The molecule has 0 aliphatic rings. The van der Waals surface area contributed by atoms with E-state index in [1.807, 2.05) is 49.4 Å². The minimum Gasteiger partial charge on any atom is -0.493 e. The molecule has 2 heterocycles. The van der Waals surface area contributed by atoms with E-state index in [0.717, 1.165) is 10.2 Å². The summed E-state index contributed by atoms with van der Waals surface area (Å²) in [5, 5.41) is 21.8. The van der Waals surface area contributed by atoms with E-state index in [1.54, 1.807) is 22.5 Å². The molecule has 0 atom stereocenters. The first-order valence-electron chi connectivity index (χ1n) is 8.93. The molecule has 2 aromatic carbocycles. The summed E-state index contributed by atoms with van der Waals surface area (Å²) in [5.74, 6) is -0.114. The topological polar surface area (TPSA) is 99.7 Å². The number of aromatic amines is 1. The average molecular weight is 485 g/mol. The molecule has 2 aromatic heterocycles. The molecule has 4 rings (SSSR count). The summed E-state index contributed by atoms with van der Waals surface area (Å²) in [7, 11) is 1.79. The summed E-state index contributed by atoms with van der Waals surface area (Å²) in [6.45, 7) is 1.81. The lowest BCUT2D eigenvalue weighted by molar-refractivity contribution is 0.459. The number of hydrogen-bond acceptors (Lipinski definition) is 4. The van der Waals surface area contributed by atoms with E-state index in [9.17, 15) is 9.90 Å². The van der Waals surface area contributed by atoms with Gasteiger partial charge in [0.2, 0.25) is 11.0 Å².